The van der Waals surface area contributed by atoms with Gasteiger partial charge >= 0.3 is 0 Å². The van der Waals surface area contributed by atoms with Crippen molar-refractivity contribution in [3.63, 3.8) is 0 Å². The lowest BCUT2D eigenvalue weighted by Gasteiger charge is -2.21. The number of methoxy groups -OCH3 is 1. The average molecular weight is 489 g/mol. The quantitative estimate of drug-likeness (QED) is 0.305. The number of thiazole rings is 2. The van der Waals surface area contributed by atoms with Gasteiger partial charge in [-0.2, -0.15) is 0 Å². The van der Waals surface area contributed by atoms with E-state index in [1.165, 1.54) is 22.1 Å². The lowest BCUT2D eigenvalue weighted by atomic mass is 10.1. The molecule has 34 heavy (non-hydrogen) atoms. The predicted octanol–water partition coefficient (Wildman–Crippen LogP) is 6.19. The van der Waals surface area contributed by atoms with Crippen LogP contribution in [0.2, 0.25) is 0 Å². The van der Waals surface area contributed by atoms with Crippen LogP contribution in [0.1, 0.15) is 0 Å². The molecule has 0 saturated heterocycles. The highest BCUT2D eigenvalue weighted by molar-refractivity contribution is 7.23. The molecule has 0 saturated carbocycles. The Morgan fingerprint density at radius 2 is 1.85 bits per heavy atom. The van der Waals surface area contributed by atoms with Crippen molar-refractivity contribution in [3.05, 3.63) is 60.0 Å². The second-order valence-corrected chi connectivity index (χ2v) is 9.52. The van der Waals surface area contributed by atoms with Gasteiger partial charge in [0, 0.05) is 28.8 Å². The molecule has 3 aromatic carbocycles. The minimum atomic E-state index is 0.441. The van der Waals surface area contributed by atoms with Crippen molar-refractivity contribution in [2.75, 3.05) is 31.4 Å². The number of nitrogens with zero attached hydrogens (tertiary/aromatic N) is 2. The van der Waals surface area contributed by atoms with E-state index in [1.807, 2.05) is 24.3 Å². The molecule has 0 aliphatic carbocycles. The fraction of sp³-hybridized carbons (Fsp3) is 0.120. The Hall–Kier alpha value is -3.82. The van der Waals surface area contributed by atoms with Gasteiger partial charge in [0.1, 0.15) is 28.9 Å². The molecule has 0 fully saturated rings. The smallest absolute Gasteiger partial charge is 0.203 e. The largest absolute Gasteiger partial charge is 0.493 e. The van der Waals surface area contributed by atoms with Crippen LogP contribution in [-0.4, -0.2) is 30.3 Å². The first kappa shape index (κ1) is 20.8. The summed E-state index contributed by atoms with van der Waals surface area (Å²) in [6.07, 6.45) is 0. The molecule has 170 valence electrons. The van der Waals surface area contributed by atoms with Crippen LogP contribution < -0.4 is 25.3 Å². The summed E-state index contributed by atoms with van der Waals surface area (Å²) < 4.78 is 16.9. The first-order valence-corrected chi connectivity index (χ1v) is 12.3. The van der Waals surface area contributed by atoms with E-state index >= 15 is 0 Å². The van der Waals surface area contributed by atoms with E-state index in [9.17, 15) is 0 Å². The molecular formula is C25H20N4O3S2. The van der Waals surface area contributed by atoms with Crippen molar-refractivity contribution in [2.45, 2.75) is 0 Å². The van der Waals surface area contributed by atoms with Crippen LogP contribution in [0.15, 0.2) is 60.0 Å². The highest BCUT2D eigenvalue weighted by Gasteiger charge is 2.20. The number of benzene rings is 3. The van der Waals surface area contributed by atoms with Gasteiger partial charge in [0.15, 0.2) is 16.6 Å². The van der Waals surface area contributed by atoms with E-state index in [0.29, 0.717) is 41.4 Å². The normalized spacial score (nSPS) is 12.6. The molecule has 0 spiro atoms. The van der Waals surface area contributed by atoms with Gasteiger partial charge in [0.05, 0.1) is 12.8 Å². The van der Waals surface area contributed by atoms with Crippen LogP contribution >= 0.6 is 22.7 Å². The van der Waals surface area contributed by atoms with Crippen molar-refractivity contribution in [1.29, 1.82) is 0 Å². The molecule has 1 aliphatic rings. The van der Waals surface area contributed by atoms with E-state index in [4.69, 9.17) is 24.9 Å². The molecule has 2 aromatic heterocycles. The number of aromatic nitrogens is 2. The molecule has 7 nitrogen and oxygen atoms in total. The zero-order chi connectivity index (χ0) is 23.1. The van der Waals surface area contributed by atoms with Crippen molar-refractivity contribution < 1.29 is 14.2 Å². The Morgan fingerprint density at radius 1 is 1.00 bits per heavy atom. The molecule has 0 atom stereocenters. The second kappa shape index (κ2) is 8.51. The minimum absolute atomic E-state index is 0.441. The highest BCUT2D eigenvalue weighted by Crippen LogP contribution is 2.44. The molecule has 0 bridgehead atoms. The number of hydrogen-bond donors (Lipinski definition) is 2. The van der Waals surface area contributed by atoms with Gasteiger partial charge in [-0.15, -0.1) is 11.3 Å². The number of hydrogen-bond acceptors (Lipinski definition) is 9. The van der Waals surface area contributed by atoms with Gasteiger partial charge in [-0.25, -0.2) is 9.97 Å². The Morgan fingerprint density at radius 3 is 2.74 bits per heavy atom. The molecule has 5 aromatic rings. The SMILES string of the molecule is COc1cc(Nc2nc(N)c(-c3nc(-c4ccc5ccccc5c4)cs3)s2)cc2c1OCCO2. The Kier molecular flexibility index (Phi) is 5.20. The third-order valence-corrected chi connectivity index (χ3v) is 7.46. The number of fused-ring (bicyclic) bond motifs is 2. The van der Waals surface area contributed by atoms with Crippen LogP contribution in [-0.2, 0) is 0 Å². The van der Waals surface area contributed by atoms with Gasteiger partial charge in [0.25, 0.3) is 0 Å². The summed E-state index contributed by atoms with van der Waals surface area (Å²) in [5.74, 6) is 2.29. The maximum Gasteiger partial charge on any atom is 0.203 e. The topological polar surface area (TPSA) is 91.5 Å². The maximum atomic E-state index is 6.27. The van der Waals surface area contributed by atoms with Crippen LogP contribution in [0.5, 0.6) is 17.2 Å². The van der Waals surface area contributed by atoms with E-state index in [2.05, 4.69) is 46.0 Å². The molecule has 9 heteroatoms. The van der Waals surface area contributed by atoms with Gasteiger partial charge in [0.2, 0.25) is 5.75 Å². The Labute approximate surface area is 203 Å². The van der Waals surface area contributed by atoms with Crippen LogP contribution in [0, 0.1) is 0 Å². The average Bonchev–Trinajstić information content (AvgIpc) is 3.49. The Bertz CT molecular complexity index is 1490. The van der Waals surface area contributed by atoms with E-state index in [-0.39, 0.29) is 0 Å². The molecule has 0 unspecified atom stereocenters. The number of rotatable bonds is 5. The molecular weight excluding hydrogens is 468 g/mol. The summed E-state index contributed by atoms with van der Waals surface area (Å²) in [7, 11) is 1.60. The van der Waals surface area contributed by atoms with Crippen molar-refractivity contribution in [1.82, 2.24) is 9.97 Å². The fourth-order valence-corrected chi connectivity index (χ4v) is 5.70. The van der Waals surface area contributed by atoms with Crippen molar-refractivity contribution in [3.8, 4) is 38.4 Å². The van der Waals surface area contributed by atoms with Gasteiger partial charge in [-0.3, -0.25) is 0 Å². The number of nitrogen functional groups attached to an aromatic ring is 1. The standard InChI is InChI=1S/C25H20N4O3S2/c1-30-19-11-17(12-20-21(19)32-9-8-31-20)27-25-29-23(26)22(34-25)24-28-18(13-33-24)16-7-6-14-4-2-3-5-15(14)10-16/h2-7,10-13H,8-9,26H2,1H3,(H,27,29). The number of anilines is 3. The molecule has 3 heterocycles. The summed E-state index contributed by atoms with van der Waals surface area (Å²) in [5, 5.41) is 9.26. The molecule has 1 aliphatic heterocycles. The van der Waals surface area contributed by atoms with E-state index in [1.54, 1.807) is 18.4 Å². The summed E-state index contributed by atoms with van der Waals surface area (Å²) in [4.78, 5) is 10.2. The van der Waals surface area contributed by atoms with Crippen LogP contribution in [0.3, 0.4) is 0 Å². The zero-order valence-electron chi connectivity index (χ0n) is 18.2. The molecule has 0 amide bonds. The monoisotopic (exact) mass is 488 g/mol. The zero-order valence-corrected chi connectivity index (χ0v) is 19.8. The van der Waals surface area contributed by atoms with E-state index < -0.39 is 0 Å². The van der Waals surface area contributed by atoms with Gasteiger partial charge < -0.3 is 25.3 Å². The van der Waals surface area contributed by atoms with Crippen LogP contribution in [0.25, 0.3) is 31.9 Å². The van der Waals surface area contributed by atoms with Crippen molar-refractivity contribution in [2.24, 2.45) is 0 Å². The summed E-state index contributed by atoms with van der Waals surface area (Å²) in [6, 6.07) is 18.4. The Balaban J connectivity index is 1.28. The fourth-order valence-electron chi connectivity index (χ4n) is 3.87. The van der Waals surface area contributed by atoms with Crippen molar-refractivity contribution >= 4 is 50.1 Å². The molecule has 6 rings (SSSR count). The molecule has 0 radical (unpaired) electrons. The predicted molar refractivity (Wildman–Crippen MR) is 138 cm³/mol. The second-order valence-electron chi connectivity index (χ2n) is 7.66. The summed E-state index contributed by atoms with van der Waals surface area (Å²) in [6.45, 7) is 0.995. The lowest BCUT2D eigenvalue weighted by Crippen LogP contribution is -2.16. The lowest BCUT2D eigenvalue weighted by molar-refractivity contribution is 0.165. The summed E-state index contributed by atoms with van der Waals surface area (Å²) >= 11 is 3.01. The third-order valence-electron chi connectivity index (χ3n) is 5.48. The van der Waals surface area contributed by atoms with Gasteiger partial charge in [-0.05, 0) is 16.8 Å². The number of nitrogens with two attached hydrogens (primary N) is 1. The number of nitrogens with one attached hydrogen (secondary N) is 1. The maximum absolute atomic E-state index is 6.27. The van der Waals surface area contributed by atoms with E-state index in [0.717, 1.165) is 26.8 Å². The van der Waals surface area contributed by atoms with Crippen LogP contribution in [0.4, 0.5) is 16.6 Å². The first-order valence-electron chi connectivity index (χ1n) is 10.6. The summed E-state index contributed by atoms with van der Waals surface area (Å²) in [5.41, 5.74) is 9.04. The third kappa shape index (κ3) is 3.78. The number of ether oxygens (including phenoxy) is 3. The minimum Gasteiger partial charge on any atom is -0.493 e. The highest BCUT2D eigenvalue weighted by atomic mass is 32.1. The first-order chi connectivity index (χ1) is 16.7. The molecule has 3 N–H and O–H groups in total. The van der Waals surface area contributed by atoms with Gasteiger partial charge in [-0.1, -0.05) is 47.7 Å².